The Morgan fingerprint density at radius 3 is 3.11 bits per heavy atom. The van der Waals surface area contributed by atoms with Crippen LogP contribution >= 0.6 is 22.9 Å². The number of hydrogen-bond acceptors (Lipinski definition) is 4. The molecule has 2 heterocycles. The quantitative estimate of drug-likeness (QED) is 0.802. The molecule has 3 aromatic rings. The maximum Gasteiger partial charge on any atom is 0.183 e. The minimum Gasteiger partial charge on any atom is -0.361 e. The van der Waals surface area contributed by atoms with Gasteiger partial charge in [0.1, 0.15) is 5.82 Å². The summed E-state index contributed by atoms with van der Waals surface area (Å²) >= 11 is 7.59. The van der Waals surface area contributed by atoms with Crippen molar-refractivity contribution in [3.63, 3.8) is 0 Å². The highest BCUT2D eigenvalue weighted by atomic mass is 35.5. The van der Waals surface area contributed by atoms with E-state index >= 15 is 0 Å². The number of benzene rings is 1. The van der Waals surface area contributed by atoms with E-state index in [1.807, 2.05) is 42.2 Å². The van der Waals surface area contributed by atoms with E-state index in [1.54, 1.807) is 11.3 Å². The predicted molar refractivity (Wildman–Crippen MR) is 80.0 cm³/mol. The number of aryl methyl sites for hydroxylation is 1. The van der Waals surface area contributed by atoms with E-state index in [2.05, 4.69) is 15.3 Å². The van der Waals surface area contributed by atoms with Crippen molar-refractivity contribution in [3.8, 4) is 0 Å². The van der Waals surface area contributed by atoms with Crippen LogP contribution in [0, 0.1) is 0 Å². The van der Waals surface area contributed by atoms with E-state index in [-0.39, 0.29) is 0 Å². The maximum atomic E-state index is 5.95. The van der Waals surface area contributed by atoms with Gasteiger partial charge in [0.15, 0.2) is 5.13 Å². The second-order valence-corrected chi connectivity index (χ2v) is 5.73. The zero-order chi connectivity index (χ0) is 13.2. The van der Waals surface area contributed by atoms with Crippen molar-refractivity contribution in [3.05, 3.63) is 41.4 Å². The largest absolute Gasteiger partial charge is 0.361 e. The molecule has 0 bridgehead atoms. The van der Waals surface area contributed by atoms with Crippen LogP contribution in [0.2, 0.25) is 5.02 Å². The molecule has 2 aromatic heterocycles. The summed E-state index contributed by atoms with van der Waals surface area (Å²) in [6.45, 7) is 0.818. The lowest BCUT2D eigenvalue weighted by molar-refractivity contribution is 0.789. The highest BCUT2D eigenvalue weighted by molar-refractivity contribution is 7.22. The van der Waals surface area contributed by atoms with Gasteiger partial charge in [0.25, 0.3) is 0 Å². The van der Waals surface area contributed by atoms with Crippen LogP contribution in [0.3, 0.4) is 0 Å². The average molecular weight is 293 g/mol. The van der Waals surface area contributed by atoms with Crippen LogP contribution in [0.25, 0.3) is 10.2 Å². The molecule has 1 N–H and O–H groups in total. The van der Waals surface area contributed by atoms with Crippen LogP contribution in [-0.4, -0.2) is 21.1 Å². The maximum absolute atomic E-state index is 5.95. The molecule has 6 heteroatoms. The Hall–Kier alpha value is -1.59. The summed E-state index contributed by atoms with van der Waals surface area (Å²) < 4.78 is 3.17. The molecule has 0 saturated heterocycles. The minimum atomic E-state index is 0.720. The molecule has 0 aliphatic carbocycles. The second-order valence-electron chi connectivity index (χ2n) is 4.26. The lowest BCUT2D eigenvalue weighted by Crippen LogP contribution is -2.08. The highest BCUT2D eigenvalue weighted by Gasteiger charge is 2.04. The first-order valence-electron chi connectivity index (χ1n) is 5.98. The number of nitrogens with zero attached hydrogens (tertiary/aromatic N) is 3. The molecule has 19 heavy (non-hydrogen) atoms. The number of imidazole rings is 1. The number of nitrogens with one attached hydrogen (secondary N) is 1. The molecule has 0 atom stereocenters. The summed E-state index contributed by atoms with van der Waals surface area (Å²) in [6, 6.07) is 5.77. The van der Waals surface area contributed by atoms with Crippen molar-refractivity contribution < 1.29 is 0 Å². The molecule has 0 saturated carbocycles. The minimum absolute atomic E-state index is 0.720. The summed E-state index contributed by atoms with van der Waals surface area (Å²) in [5.41, 5.74) is 0.942. The van der Waals surface area contributed by atoms with Crippen molar-refractivity contribution >= 4 is 38.3 Å². The zero-order valence-electron chi connectivity index (χ0n) is 10.4. The number of anilines is 1. The Balaban J connectivity index is 1.67. The molecule has 0 radical (unpaired) electrons. The molecular weight excluding hydrogens is 280 g/mol. The van der Waals surface area contributed by atoms with Gasteiger partial charge in [-0.2, -0.15) is 0 Å². The zero-order valence-corrected chi connectivity index (χ0v) is 12.0. The third kappa shape index (κ3) is 2.72. The van der Waals surface area contributed by atoms with Gasteiger partial charge in [0.05, 0.1) is 10.2 Å². The van der Waals surface area contributed by atoms with Gasteiger partial charge >= 0.3 is 0 Å². The van der Waals surface area contributed by atoms with E-state index in [0.717, 1.165) is 39.2 Å². The van der Waals surface area contributed by atoms with E-state index in [4.69, 9.17) is 11.6 Å². The van der Waals surface area contributed by atoms with Gasteiger partial charge in [-0.3, -0.25) is 0 Å². The monoisotopic (exact) mass is 292 g/mol. The Kier molecular flexibility index (Phi) is 3.40. The average Bonchev–Trinajstić information content (AvgIpc) is 2.95. The Labute approximate surface area is 120 Å². The van der Waals surface area contributed by atoms with Crippen LogP contribution in [0.4, 0.5) is 5.13 Å². The smallest absolute Gasteiger partial charge is 0.183 e. The summed E-state index contributed by atoms with van der Waals surface area (Å²) in [6.07, 6.45) is 4.64. The molecule has 0 spiro atoms. The fourth-order valence-electron chi connectivity index (χ4n) is 1.89. The predicted octanol–water partition coefficient (Wildman–Crippen LogP) is 3.34. The highest BCUT2D eigenvalue weighted by Crippen LogP contribution is 2.27. The van der Waals surface area contributed by atoms with Gasteiger partial charge in [-0.15, -0.1) is 0 Å². The summed E-state index contributed by atoms with van der Waals surface area (Å²) in [5, 5.41) is 4.97. The van der Waals surface area contributed by atoms with Gasteiger partial charge in [-0.05, 0) is 18.2 Å². The lowest BCUT2D eigenvalue weighted by atomic mass is 10.3. The van der Waals surface area contributed by atoms with Gasteiger partial charge in [-0.25, -0.2) is 9.97 Å². The van der Waals surface area contributed by atoms with Gasteiger partial charge < -0.3 is 9.88 Å². The van der Waals surface area contributed by atoms with Gasteiger partial charge in [-0.1, -0.05) is 22.9 Å². The van der Waals surface area contributed by atoms with Crippen molar-refractivity contribution in [1.82, 2.24) is 14.5 Å². The van der Waals surface area contributed by atoms with Gasteiger partial charge in [0, 0.05) is 37.4 Å². The molecule has 1 aromatic carbocycles. The molecule has 0 unspecified atom stereocenters. The Bertz CT molecular complexity index is 704. The topological polar surface area (TPSA) is 42.7 Å². The normalized spacial score (nSPS) is 11.1. The first kappa shape index (κ1) is 12.4. The number of thiazole rings is 1. The molecule has 0 aliphatic heterocycles. The van der Waals surface area contributed by atoms with Crippen molar-refractivity contribution in [2.24, 2.45) is 7.05 Å². The summed E-state index contributed by atoms with van der Waals surface area (Å²) in [4.78, 5) is 8.80. The van der Waals surface area contributed by atoms with Crippen LogP contribution in [0.5, 0.6) is 0 Å². The van der Waals surface area contributed by atoms with Crippen molar-refractivity contribution in [2.75, 3.05) is 11.9 Å². The fourth-order valence-corrected chi connectivity index (χ4v) is 2.93. The van der Waals surface area contributed by atoms with E-state index < -0.39 is 0 Å². The summed E-state index contributed by atoms with van der Waals surface area (Å²) in [7, 11) is 2.00. The van der Waals surface area contributed by atoms with Crippen LogP contribution < -0.4 is 5.32 Å². The van der Waals surface area contributed by atoms with Crippen LogP contribution in [0.1, 0.15) is 5.82 Å². The third-order valence-electron chi connectivity index (χ3n) is 2.90. The van der Waals surface area contributed by atoms with Crippen LogP contribution in [-0.2, 0) is 13.5 Å². The van der Waals surface area contributed by atoms with E-state index in [0.29, 0.717) is 0 Å². The first-order valence-corrected chi connectivity index (χ1v) is 7.18. The molecule has 0 amide bonds. The number of halogens is 1. The number of fused-ring (bicyclic) bond motifs is 1. The number of rotatable bonds is 4. The van der Waals surface area contributed by atoms with Crippen LogP contribution in [0.15, 0.2) is 30.6 Å². The second kappa shape index (κ2) is 5.19. The first-order chi connectivity index (χ1) is 9.22. The molecule has 98 valence electrons. The lowest BCUT2D eigenvalue weighted by Gasteiger charge is -2.02. The summed E-state index contributed by atoms with van der Waals surface area (Å²) in [5.74, 6) is 1.07. The SMILES string of the molecule is Cn1ccnc1CCNc1nc2cc(Cl)ccc2s1. The molecular formula is C13H13ClN4S. The van der Waals surface area contributed by atoms with E-state index in [9.17, 15) is 0 Å². The molecule has 0 fully saturated rings. The standard InChI is InChI=1S/C13H13ClN4S/c1-18-7-6-15-12(18)4-5-16-13-17-10-8-9(14)2-3-11(10)19-13/h2-3,6-8H,4-5H2,1H3,(H,16,17). The fraction of sp³-hybridized carbons (Fsp3) is 0.231. The Morgan fingerprint density at radius 1 is 1.42 bits per heavy atom. The molecule has 4 nitrogen and oxygen atoms in total. The molecule has 3 rings (SSSR count). The number of aromatic nitrogens is 3. The van der Waals surface area contributed by atoms with Gasteiger partial charge in [0.2, 0.25) is 0 Å². The van der Waals surface area contributed by atoms with E-state index in [1.165, 1.54) is 0 Å². The van der Waals surface area contributed by atoms with Crippen molar-refractivity contribution in [1.29, 1.82) is 0 Å². The van der Waals surface area contributed by atoms with Crippen molar-refractivity contribution in [2.45, 2.75) is 6.42 Å². The molecule has 0 aliphatic rings. The Morgan fingerprint density at radius 2 is 2.32 bits per heavy atom. The number of hydrogen-bond donors (Lipinski definition) is 1. The third-order valence-corrected chi connectivity index (χ3v) is 4.12.